The van der Waals surface area contributed by atoms with Gasteiger partial charge in [-0.25, -0.2) is 4.98 Å². The van der Waals surface area contributed by atoms with E-state index in [0.29, 0.717) is 5.92 Å². The van der Waals surface area contributed by atoms with Gasteiger partial charge in [-0.05, 0) is 70.3 Å². The lowest BCUT2D eigenvalue weighted by molar-refractivity contribution is 0.103. The number of thiazole rings is 1. The van der Waals surface area contributed by atoms with Crippen molar-refractivity contribution in [3.05, 3.63) is 57.5 Å². The maximum absolute atomic E-state index is 12.4. The second-order valence-electron chi connectivity index (χ2n) is 8.12. The third-order valence-corrected chi connectivity index (χ3v) is 7.52. The highest BCUT2D eigenvalue weighted by atomic mass is 32.1. The van der Waals surface area contributed by atoms with Crippen LogP contribution in [-0.2, 0) is 0 Å². The average molecular weight is 380 g/mol. The Morgan fingerprint density at radius 2 is 2.07 bits per heavy atom. The molecule has 0 amide bonds. The maximum atomic E-state index is 12.4. The molecule has 1 atom stereocenters. The van der Waals surface area contributed by atoms with Crippen molar-refractivity contribution < 1.29 is 0 Å². The van der Waals surface area contributed by atoms with Gasteiger partial charge in [0, 0.05) is 29.8 Å². The van der Waals surface area contributed by atoms with Crippen LogP contribution in [0.4, 0.5) is 0 Å². The fourth-order valence-electron chi connectivity index (χ4n) is 4.62. The van der Waals surface area contributed by atoms with Gasteiger partial charge in [0.25, 0.3) is 5.56 Å². The Hall–Kier alpha value is -1.98. The van der Waals surface area contributed by atoms with E-state index in [-0.39, 0.29) is 5.56 Å². The molecule has 3 heterocycles. The second-order valence-corrected chi connectivity index (χ2v) is 9.18. The molecule has 4 nitrogen and oxygen atoms in total. The highest BCUT2D eigenvalue weighted by Crippen LogP contribution is 2.44. The SMILES string of the molecule is Cc1cccn(-c2ccc3nc(C4CC(N5CCC[C@@H]5C)C4)sc3c2)c1=O. The van der Waals surface area contributed by atoms with E-state index in [1.165, 1.54) is 41.9 Å². The van der Waals surface area contributed by atoms with E-state index < -0.39 is 0 Å². The lowest BCUT2D eigenvalue weighted by Crippen LogP contribution is -2.45. The predicted molar refractivity (Wildman–Crippen MR) is 111 cm³/mol. The number of hydrogen-bond acceptors (Lipinski definition) is 4. The molecule has 3 aromatic rings. The zero-order valence-electron chi connectivity index (χ0n) is 15.9. The van der Waals surface area contributed by atoms with Crippen LogP contribution < -0.4 is 5.56 Å². The summed E-state index contributed by atoms with van der Waals surface area (Å²) in [5, 5.41) is 1.27. The number of aryl methyl sites for hydroxylation is 1. The van der Waals surface area contributed by atoms with Crippen molar-refractivity contribution in [3.8, 4) is 5.69 Å². The van der Waals surface area contributed by atoms with E-state index in [0.717, 1.165) is 28.9 Å². The molecule has 0 N–H and O–H groups in total. The van der Waals surface area contributed by atoms with Crippen molar-refractivity contribution in [1.82, 2.24) is 14.5 Å². The molecule has 0 radical (unpaired) electrons. The zero-order valence-corrected chi connectivity index (χ0v) is 16.7. The van der Waals surface area contributed by atoms with Crippen molar-refractivity contribution in [2.45, 2.75) is 57.5 Å². The fourth-order valence-corrected chi connectivity index (χ4v) is 5.75. The predicted octanol–water partition coefficient (Wildman–Crippen LogP) is 4.49. The molecule has 2 aromatic heterocycles. The quantitative estimate of drug-likeness (QED) is 0.673. The summed E-state index contributed by atoms with van der Waals surface area (Å²) in [5.74, 6) is 0.602. The first-order valence-corrected chi connectivity index (χ1v) is 10.8. The van der Waals surface area contributed by atoms with Crippen molar-refractivity contribution in [1.29, 1.82) is 0 Å². The van der Waals surface area contributed by atoms with E-state index in [9.17, 15) is 4.79 Å². The number of benzene rings is 1. The van der Waals surface area contributed by atoms with Gasteiger partial charge in [-0.1, -0.05) is 6.07 Å². The molecule has 1 aliphatic heterocycles. The molecule has 1 aliphatic carbocycles. The third-order valence-electron chi connectivity index (χ3n) is 6.34. The van der Waals surface area contributed by atoms with Crippen LogP contribution >= 0.6 is 11.3 Å². The second kappa shape index (κ2) is 6.57. The Balaban J connectivity index is 1.39. The zero-order chi connectivity index (χ0) is 18.5. The molecule has 1 aromatic carbocycles. The van der Waals surface area contributed by atoms with Crippen molar-refractivity contribution in [2.75, 3.05) is 6.54 Å². The highest BCUT2D eigenvalue weighted by Gasteiger charge is 2.39. The molecule has 27 heavy (non-hydrogen) atoms. The molecule has 5 rings (SSSR count). The van der Waals surface area contributed by atoms with E-state index in [2.05, 4.69) is 24.0 Å². The largest absolute Gasteiger partial charge is 0.298 e. The summed E-state index contributed by atoms with van der Waals surface area (Å²) in [7, 11) is 0. The average Bonchev–Trinajstić information content (AvgIpc) is 3.22. The smallest absolute Gasteiger partial charge is 0.257 e. The highest BCUT2D eigenvalue weighted by molar-refractivity contribution is 7.18. The van der Waals surface area contributed by atoms with E-state index in [1.807, 2.05) is 31.3 Å². The summed E-state index contributed by atoms with van der Waals surface area (Å²) in [6, 6.07) is 11.4. The minimum Gasteiger partial charge on any atom is -0.298 e. The first-order chi connectivity index (χ1) is 13.1. The van der Waals surface area contributed by atoms with Crippen LogP contribution in [0.5, 0.6) is 0 Å². The molecular weight excluding hydrogens is 354 g/mol. The number of pyridine rings is 1. The molecule has 0 unspecified atom stereocenters. The number of nitrogens with zero attached hydrogens (tertiary/aromatic N) is 3. The van der Waals surface area contributed by atoms with Crippen LogP contribution in [0.15, 0.2) is 41.3 Å². The van der Waals surface area contributed by atoms with Gasteiger partial charge in [0.2, 0.25) is 0 Å². The molecular formula is C22H25N3OS. The minimum absolute atomic E-state index is 0.0446. The minimum atomic E-state index is 0.0446. The Bertz CT molecular complexity index is 1050. The van der Waals surface area contributed by atoms with Crippen LogP contribution in [0.25, 0.3) is 15.9 Å². The first-order valence-electron chi connectivity index (χ1n) is 9.95. The summed E-state index contributed by atoms with van der Waals surface area (Å²) >= 11 is 1.80. The molecule has 140 valence electrons. The van der Waals surface area contributed by atoms with Crippen molar-refractivity contribution in [3.63, 3.8) is 0 Å². The first kappa shape index (κ1) is 17.1. The lowest BCUT2D eigenvalue weighted by Gasteiger charge is -2.42. The number of likely N-dealkylation sites (tertiary alicyclic amines) is 1. The van der Waals surface area contributed by atoms with E-state index in [1.54, 1.807) is 15.9 Å². The number of rotatable bonds is 3. The molecule has 0 spiro atoms. The molecule has 1 saturated carbocycles. The molecule has 2 fully saturated rings. The Kier molecular flexibility index (Phi) is 4.17. The van der Waals surface area contributed by atoms with Gasteiger partial charge in [0.15, 0.2) is 0 Å². The number of aromatic nitrogens is 2. The molecule has 0 bridgehead atoms. The van der Waals surface area contributed by atoms with Crippen LogP contribution in [0.2, 0.25) is 0 Å². The molecule has 2 aliphatic rings. The number of hydrogen-bond donors (Lipinski definition) is 0. The van der Waals surface area contributed by atoms with Crippen LogP contribution in [0.1, 0.15) is 49.1 Å². The lowest BCUT2D eigenvalue weighted by atomic mass is 9.79. The van der Waals surface area contributed by atoms with Gasteiger partial charge in [-0.3, -0.25) is 14.3 Å². The van der Waals surface area contributed by atoms with Crippen LogP contribution in [0.3, 0.4) is 0 Å². The monoisotopic (exact) mass is 379 g/mol. The normalized spacial score (nSPS) is 25.8. The maximum Gasteiger partial charge on any atom is 0.257 e. The van der Waals surface area contributed by atoms with Gasteiger partial charge >= 0.3 is 0 Å². The van der Waals surface area contributed by atoms with Crippen LogP contribution in [-0.4, -0.2) is 33.1 Å². The standard InChI is InChI=1S/C22H25N3OS/c1-14-5-3-10-25(22(14)26)17-7-8-19-20(13-17)27-21(23-19)16-11-18(12-16)24-9-4-6-15(24)2/h3,5,7-8,10,13,15-16,18H,4,6,9,11-12H2,1-2H3/t15-,16?,18?/m0/s1. The third kappa shape index (κ3) is 2.93. The van der Waals surface area contributed by atoms with E-state index in [4.69, 9.17) is 4.98 Å². The summed E-state index contributed by atoms with van der Waals surface area (Å²) in [4.78, 5) is 20.0. The number of fused-ring (bicyclic) bond motifs is 1. The van der Waals surface area contributed by atoms with Gasteiger partial charge in [0.1, 0.15) is 0 Å². The Morgan fingerprint density at radius 3 is 2.85 bits per heavy atom. The van der Waals surface area contributed by atoms with Gasteiger partial charge < -0.3 is 0 Å². The van der Waals surface area contributed by atoms with Gasteiger partial charge in [-0.2, -0.15) is 0 Å². The van der Waals surface area contributed by atoms with Crippen molar-refractivity contribution >= 4 is 21.6 Å². The van der Waals surface area contributed by atoms with Gasteiger partial charge in [0.05, 0.1) is 20.9 Å². The molecule has 5 heteroatoms. The van der Waals surface area contributed by atoms with E-state index >= 15 is 0 Å². The Morgan fingerprint density at radius 1 is 1.22 bits per heavy atom. The summed E-state index contributed by atoms with van der Waals surface area (Å²) in [6.07, 6.45) is 7.03. The summed E-state index contributed by atoms with van der Waals surface area (Å²) in [5.41, 5.74) is 2.78. The molecule has 1 saturated heterocycles. The fraction of sp³-hybridized carbons (Fsp3) is 0.455. The topological polar surface area (TPSA) is 38.1 Å². The summed E-state index contributed by atoms with van der Waals surface area (Å²) in [6.45, 7) is 5.50. The van der Waals surface area contributed by atoms with Crippen molar-refractivity contribution in [2.24, 2.45) is 0 Å². The summed E-state index contributed by atoms with van der Waals surface area (Å²) < 4.78 is 2.90. The van der Waals surface area contributed by atoms with Crippen LogP contribution in [0, 0.1) is 6.92 Å². The van der Waals surface area contributed by atoms with Gasteiger partial charge in [-0.15, -0.1) is 11.3 Å². The Labute approximate surface area is 163 Å².